The quantitative estimate of drug-likeness (QED) is 0.771. The number of nitrogens with one attached hydrogen (secondary N) is 1. The van der Waals surface area contributed by atoms with Crippen molar-refractivity contribution in [3.05, 3.63) is 54.5 Å². The molecule has 0 atom stereocenters. The zero-order valence-corrected chi connectivity index (χ0v) is 9.87. The van der Waals surface area contributed by atoms with Gasteiger partial charge in [0.1, 0.15) is 5.76 Å². The molecule has 2 rings (SSSR count). The van der Waals surface area contributed by atoms with Crippen molar-refractivity contribution in [3.8, 4) is 0 Å². The molecule has 16 heavy (non-hydrogen) atoms. The van der Waals surface area contributed by atoms with Crippen LogP contribution in [-0.4, -0.2) is 12.3 Å². The number of thioether (sulfide) groups is 1. The van der Waals surface area contributed by atoms with Crippen molar-refractivity contribution in [2.24, 2.45) is 0 Å². The zero-order chi connectivity index (χ0) is 11.1. The Labute approximate surface area is 100 Å². The van der Waals surface area contributed by atoms with E-state index in [0.717, 1.165) is 23.8 Å². The smallest absolute Gasteiger partial charge is 0.113 e. The van der Waals surface area contributed by atoms with Crippen molar-refractivity contribution >= 4 is 17.4 Å². The van der Waals surface area contributed by atoms with Gasteiger partial charge in [0.2, 0.25) is 0 Å². The van der Waals surface area contributed by atoms with Gasteiger partial charge in [-0.15, -0.1) is 0 Å². The summed E-state index contributed by atoms with van der Waals surface area (Å²) < 4.78 is 5.26. The number of benzene rings is 1. The Morgan fingerprint density at radius 1 is 1.06 bits per heavy atom. The highest BCUT2D eigenvalue weighted by Crippen LogP contribution is 2.12. The molecule has 1 aromatic heterocycles. The second-order valence-electron chi connectivity index (χ2n) is 3.42. The average molecular weight is 233 g/mol. The Hall–Kier alpha value is -1.35. The fraction of sp³-hybridized carbons (Fsp3) is 0.231. The average Bonchev–Trinajstić information content (AvgIpc) is 2.83. The van der Waals surface area contributed by atoms with Crippen LogP contribution in [0.5, 0.6) is 0 Å². The topological polar surface area (TPSA) is 25.2 Å². The van der Waals surface area contributed by atoms with Crippen LogP contribution in [0.2, 0.25) is 0 Å². The van der Waals surface area contributed by atoms with Crippen LogP contribution in [0.15, 0.2) is 53.1 Å². The lowest BCUT2D eigenvalue weighted by Crippen LogP contribution is -2.03. The van der Waals surface area contributed by atoms with E-state index < -0.39 is 0 Å². The Kier molecular flexibility index (Phi) is 4.37. The highest BCUT2D eigenvalue weighted by Gasteiger charge is 1.95. The van der Waals surface area contributed by atoms with Crippen molar-refractivity contribution in [3.63, 3.8) is 0 Å². The molecule has 2 aromatic rings. The number of hydrogen-bond donors (Lipinski definition) is 1. The van der Waals surface area contributed by atoms with E-state index in [4.69, 9.17) is 4.42 Å². The lowest BCUT2D eigenvalue weighted by atomic mass is 10.3. The first-order valence-corrected chi connectivity index (χ1v) is 6.50. The third kappa shape index (κ3) is 3.66. The molecule has 1 heterocycles. The molecule has 84 valence electrons. The molecule has 1 aromatic carbocycles. The fourth-order valence-electron chi connectivity index (χ4n) is 1.39. The van der Waals surface area contributed by atoms with Crippen molar-refractivity contribution in [2.45, 2.75) is 5.75 Å². The Morgan fingerprint density at radius 3 is 2.69 bits per heavy atom. The summed E-state index contributed by atoms with van der Waals surface area (Å²) in [7, 11) is 0. The van der Waals surface area contributed by atoms with Crippen LogP contribution in [0.3, 0.4) is 0 Å². The SMILES string of the molecule is c1ccc(NCCSCc2ccco2)cc1. The molecular weight excluding hydrogens is 218 g/mol. The van der Waals surface area contributed by atoms with E-state index in [1.807, 2.05) is 42.1 Å². The third-order valence-electron chi connectivity index (χ3n) is 2.17. The lowest BCUT2D eigenvalue weighted by Gasteiger charge is -2.04. The fourth-order valence-corrected chi connectivity index (χ4v) is 2.15. The van der Waals surface area contributed by atoms with Gasteiger partial charge >= 0.3 is 0 Å². The molecule has 3 heteroatoms. The van der Waals surface area contributed by atoms with Crippen LogP contribution in [0.1, 0.15) is 5.76 Å². The molecule has 0 aliphatic carbocycles. The summed E-state index contributed by atoms with van der Waals surface area (Å²) in [6.07, 6.45) is 1.72. The van der Waals surface area contributed by atoms with Gasteiger partial charge in [-0.2, -0.15) is 11.8 Å². The van der Waals surface area contributed by atoms with E-state index in [1.165, 1.54) is 5.69 Å². The van der Waals surface area contributed by atoms with E-state index in [0.29, 0.717) is 0 Å². The van der Waals surface area contributed by atoms with E-state index in [-0.39, 0.29) is 0 Å². The molecule has 0 aliphatic heterocycles. The van der Waals surface area contributed by atoms with Crippen LogP contribution in [0.4, 0.5) is 5.69 Å². The number of furan rings is 1. The van der Waals surface area contributed by atoms with Crippen LogP contribution in [0, 0.1) is 0 Å². The van der Waals surface area contributed by atoms with Gasteiger partial charge in [-0.1, -0.05) is 18.2 Å². The Bertz CT molecular complexity index is 386. The van der Waals surface area contributed by atoms with Gasteiger partial charge in [0.05, 0.1) is 12.0 Å². The number of rotatable bonds is 6. The predicted molar refractivity (Wildman–Crippen MR) is 69.8 cm³/mol. The maximum Gasteiger partial charge on any atom is 0.113 e. The number of anilines is 1. The second kappa shape index (κ2) is 6.28. The number of para-hydroxylation sites is 1. The molecule has 1 N–H and O–H groups in total. The summed E-state index contributed by atoms with van der Waals surface area (Å²) in [6, 6.07) is 14.2. The van der Waals surface area contributed by atoms with Gasteiger partial charge in [-0.3, -0.25) is 0 Å². The first-order chi connectivity index (χ1) is 7.95. The molecule has 0 saturated carbocycles. The minimum absolute atomic E-state index is 0.948. The third-order valence-corrected chi connectivity index (χ3v) is 3.16. The maximum absolute atomic E-state index is 5.26. The van der Waals surface area contributed by atoms with Crippen molar-refractivity contribution in [2.75, 3.05) is 17.6 Å². The van der Waals surface area contributed by atoms with Crippen molar-refractivity contribution in [1.29, 1.82) is 0 Å². The van der Waals surface area contributed by atoms with E-state index in [1.54, 1.807) is 6.26 Å². The summed E-state index contributed by atoms with van der Waals surface area (Å²) in [5.74, 6) is 3.07. The van der Waals surface area contributed by atoms with Gasteiger partial charge in [0.25, 0.3) is 0 Å². The first-order valence-electron chi connectivity index (χ1n) is 5.34. The van der Waals surface area contributed by atoms with Gasteiger partial charge in [-0.25, -0.2) is 0 Å². The molecule has 0 amide bonds. The van der Waals surface area contributed by atoms with Gasteiger partial charge in [-0.05, 0) is 24.3 Å². The predicted octanol–water partition coefficient (Wildman–Crippen LogP) is 3.62. The summed E-state index contributed by atoms with van der Waals surface area (Å²) >= 11 is 1.87. The van der Waals surface area contributed by atoms with Crippen LogP contribution in [-0.2, 0) is 5.75 Å². The van der Waals surface area contributed by atoms with Gasteiger partial charge < -0.3 is 9.73 Å². The molecule has 0 aliphatic rings. The van der Waals surface area contributed by atoms with Crippen LogP contribution in [0.25, 0.3) is 0 Å². The van der Waals surface area contributed by atoms with Gasteiger partial charge in [0, 0.05) is 18.0 Å². The standard InChI is InChI=1S/C13H15NOS/c1-2-5-12(6-3-1)14-8-10-16-11-13-7-4-9-15-13/h1-7,9,14H,8,10-11H2. The van der Waals surface area contributed by atoms with Crippen molar-refractivity contribution < 1.29 is 4.42 Å². The zero-order valence-electron chi connectivity index (χ0n) is 9.06. The molecule has 0 bridgehead atoms. The molecular formula is C13H15NOS. The molecule has 2 nitrogen and oxygen atoms in total. The highest BCUT2D eigenvalue weighted by atomic mass is 32.2. The van der Waals surface area contributed by atoms with E-state index >= 15 is 0 Å². The monoisotopic (exact) mass is 233 g/mol. The minimum atomic E-state index is 0.948. The summed E-state index contributed by atoms with van der Waals surface area (Å²) in [4.78, 5) is 0. The minimum Gasteiger partial charge on any atom is -0.468 e. The summed E-state index contributed by atoms with van der Waals surface area (Å²) in [5.41, 5.74) is 1.18. The van der Waals surface area contributed by atoms with Crippen molar-refractivity contribution in [1.82, 2.24) is 0 Å². The maximum atomic E-state index is 5.26. The van der Waals surface area contributed by atoms with Gasteiger partial charge in [0.15, 0.2) is 0 Å². The van der Waals surface area contributed by atoms with E-state index in [2.05, 4.69) is 17.4 Å². The lowest BCUT2D eigenvalue weighted by molar-refractivity contribution is 0.530. The molecule has 0 spiro atoms. The molecule has 0 saturated heterocycles. The Balaban J connectivity index is 1.59. The molecule has 0 radical (unpaired) electrons. The van der Waals surface area contributed by atoms with Crippen LogP contribution >= 0.6 is 11.8 Å². The normalized spacial score (nSPS) is 10.2. The second-order valence-corrected chi connectivity index (χ2v) is 4.53. The summed E-state index contributed by atoms with van der Waals surface area (Å²) in [5, 5.41) is 3.37. The Morgan fingerprint density at radius 2 is 1.94 bits per heavy atom. The molecule has 0 fully saturated rings. The largest absolute Gasteiger partial charge is 0.468 e. The van der Waals surface area contributed by atoms with E-state index in [9.17, 15) is 0 Å². The van der Waals surface area contributed by atoms with Crippen LogP contribution < -0.4 is 5.32 Å². The first kappa shape index (κ1) is 11.1. The molecule has 0 unspecified atom stereocenters. The highest BCUT2D eigenvalue weighted by molar-refractivity contribution is 7.98. The number of hydrogen-bond acceptors (Lipinski definition) is 3. The summed E-state index contributed by atoms with van der Waals surface area (Å²) in [6.45, 7) is 0.982.